The lowest BCUT2D eigenvalue weighted by molar-refractivity contribution is 0.0607. The zero-order valence-corrected chi connectivity index (χ0v) is 12.2. The van der Waals surface area contributed by atoms with Gasteiger partial charge in [-0.25, -0.2) is 4.79 Å². The number of rotatable bonds is 3. The van der Waals surface area contributed by atoms with Crippen molar-refractivity contribution >= 4 is 28.9 Å². The molecule has 0 aliphatic rings. The minimum absolute atomic E-state index is 0.302. The van der Waals surface area contributed by atoms with Gasteiger partial charge in [0.2, 0.25) is 0 Å². The fourth-order valence-corrected chi connectivity index (χ4v) is 2.55. The zero-order valence-electron chi connectivity index (χ0n) is 11.4. The lowest BCUT2D eigenvalue weighted by Gasteiger charge is -2.07. The van der Waals surface area contributed by atoms with Gasteiger partial charge in [0.1, 0.15) is 4.88 Å². The number of nitrogens with zero attached hydrogens (tertiary/aromatic N) is 1. The van der Waals surface area contributed by atoms with Crippen molar-refractivity contribution in [3.63, 3.8) is 0 Å². The molecule has 0 aliphatic heterocycles. The van der Waals surface area contributed by atoms with Crippen LogP contribution in [0.2, 0.25) is 0 Å². The van der Waals surface area contributed by atoms with Gasteiger partial charge >= 0.3 is 5.97 Å². The molecule has 0 unspecified atom stereocenters. The maximum absolute atomic E-state index is 12.1. The van der Waals surface area contributed by atoms with E-state index >= 15 is 0 Å². The Balaban J connectivity index is 2.26. The molecule has 0 spiro atoms. The number of hydrogen-bond donors (Lipinski definition) is 1. The van der Waals surface area contributed by atoms with Crippen molar-refractivity contribution in [2.75, 3.05) is 12.4 Å². The molecule has 2 aromatic heterocycles. The number of carbonyl (C=O) groups excluding carboxylic acids is 2. The molecule has 2 rings (SSSR count). The largest absolute Gasteiger partial charge is 0.465 e. The summed E-state index contributed by atoms with van der Waals surface area (Å²) in [5.74, 6) is -0.760. The van der Waals surface area contributed by atoms with E-state index in [1.54, 1.807) is 17.5 Å². The summed E-state index contributed by atoms with van der Waals surface area (Å²) in [6.07, 6.45) is 1.50. The van der Waals surface area contributed by atoms with Crippen LogP contribution < -0.4 is 5.32 Å². The number of ether oxygens (including phenoxy) is 1. The van der Waals surface area contributed by atoms with E-state index in [-0.39, 0.29) is 5.91 Å². The summed E-state index contributed by atoms with van der Waals surface area (Å²) in [6, 6.07) is 3.45. The molecule has 0 atom stereocenters. The fourth-order valence-electron chi connectivity index (χ4n) is 1.63. The fraction of sp³-hybridized carbons (Fsp3) is 0.214. The predicted molar refractivity (Wildman–Crippen MR) is 77.3 cm³/mol. The highest BCUT2D eigenvalue weighted by Gasteiger charge is 2.19. The molecule has 0 saturated carbocycles. The third kappa shape index (κ3) is 2.85. The summed E-state index contributed by atoms with van der Waals surface area (Å²) in [5.41, 5.74) is 2.59. The van der Waals surface area contributed by atoms with E-state index < -0.39 is 5.97 Å². The van der Waals surface area contributed by atoms with E-state index in [0.717, 1.165) is 11.3 Å². The van der Waals surface area contributed by atoms with E-state index in [0.29, 0.717) is 16.1 Å². The second-order valence-corrected chi connectivity index (χ2v) is 5.14. The second kappa shape index (κ2) is 5.83. The number of esters is 1. The molecule has 0 fully saturated rings. The van der Waals surface area contributed by atoms with Crippen molar-refractivity contribution in [1.82, 2.24) is 4.98 Å². The van der Waals surface area contributed by atoms with E-state index in [1.807, 2.05) is 13.8 Å². The number of aromatic nitrogens is 1. The Bertz CT molecular complexity index is 647. The third-order valence-corrected chi connectivity index (χ3v) is 3.84. The number of methoxy groups -OCH3 is 1. The minimum atomic E-state index is -0.458. The Labute approximate surface area is 120 Å². The monoisotopic (exact) mass is 290 g/mol. The van der Waals surface area contributed by atoms with Crippen molar-refractivity contribution in [3.8, 4) is 0 Å². The summed E-state index contributed by atoms with van der Waals surface area (Å²) in [6.45, 7) is 3.67. The number of amides is 1. The number of nitrogens with one attached hydrogen (secondary N) is 1. The molecule has 0 saturated heterocycles. The van der Waals surface area contributed by atoms with Crippen LogP contribution in [0.5, 0.6) is 0 Å². The van der Waals surface area contributed by atoms with Crippen LogP contribution in [0.15, 0.2) is 23.7 Å². The average Bonchev–Trinajstić information content (AvgIpc) is 2.80. The van der Waals surface area contributed by atoms with Gasteiger partial charge in [0, 0.05) is 11.9 Å². The smallest absolute Gasteiger partial charge is 0.350 e. The molecule has 0 bridgehead atoms. The molecule has 6 heteroatoms. The van der Waals surface area contributed by atoms with Gasteiger partial charge in [-0.3, -0.25) is 9.78 Å². The van der Waals surface area contributed by atoms with Crippen molar-refractivity contribution in [3.05, 3.63) is 45.4 Å². The molecule has 0 aromatic carbocycles. The number of carbonyl (C=O) groups is 2. The molecular weight excluding hydrogens is 276 g/mol. The lowest BCUT2D eigenvalue weighted by Crippen LogP contribution is -2.15. The van der Waals surface area contributed by atoms with Crippen molar-refractivity contribution in [1.29, 1.82) is 0 Å². The first kappa shape index (κ1) is 14.2. The van der Waals surface area contributed by atoms with Gasteiger partial charge in [0.25, 0.3) is 5.91 Å². The highest BCUT2D eigenvalue weighted by Crippen LogP contribution is 2.28. The van der Waals surface area contributed by atoms with E-state index in [2.05, 4.69) is 10.3 Å². The van der Waals surface area contributed by atoms with Crippen LogP contribution in [0.4, 0.5) is 5.69 Å². The molecule has 1 amide bonds. The average molecular weight is 290 g/mol. The Morgan fingerprint density at radius 1 is 1.30 bits per heavy atom. The van der Waals surface area contributed by atoms with Crippen molar-refractivity contribution in [2.45, 2.75) is 13.8 Å². The van der Waals surface area contributed by atoms with Crippen molar-refractivity contribution in [2.24, 2.45) is 0 Å². The van der Waals surface area contributed by atoms with Crippen LogP contribution in [0.3, 0.4) is 0 Å². The van der Waals surface area contributed by atoms with Crippen LogP contribution >= 0.6 is 11.3 Å². The van der Waals surface area contributed by atoms with Gasteiger partial charge in [0.05, 0.1) is 18.4 Å². The van der Waals surface area contributed by atoms with E-state index in [9.17, 15) is 9.59 Å². The van der Waals surface area contributed by atoms with Gasteiger partial charge in [-0.1, -0.05) is 0 Å². The van der Waals surface area contributed by atoms with E-state index in [4.69, 9.17) is 4.74 Å². The van der Waals surface area contributed by atoms with Gasteiger partial charge in [-0.05, 0) is 36.9 Å². The Hall–Kier alpha value is -2.21. The first-order valence-corrected chi connectivity index (χ1v) is 6.81. The molecule has 5 nitrogen and oxygen atoms in total. The van der Waals surface area contributed by atoms with Gasteiger partial charge in [-0.2, -0.15) is 0 Å². The number of aryl methyl sites for hydroxylation is 2. The number of pyridine rings is 1. The molecule has 1 N–H and O–H groups in total. The Morgan fingerprint density at radius 2 is 2.05 bits per heavy atom. The summed E-state index contributed by atoms with van der Waals surface area (Å²) in [4.78, 5) is 28.2. The quantitative estimate of drug-likeness (QED) is 0.883. The molecule has 104 valence electrons. The predicted octanol–water partition coefficient (Wildman–Crippen LogP) is 2.80. The summed E-state index contributed by atoms with van der Waals surface area (Å²) in [7, 11) is 1.31. The molecule has 20 heavy (non-hydrogen) atoms. The van der Waals surface area contributed by atoms with Crippen LogP contribution in [-0.4, -0.2) is 24.0 Å². The molecule has 2 aromatic rings. The van der Waals surface area contributed by atoms with Gasteiger partial charge < -0.3 is 10.1 Å². The SMILES string of the molecule is COC(=O)c1scc(C)c1NC(=O)c1ccc(C)nc1. The number of thiophene rings is 1. The standard InChI is InChI=1S/C14H14N2O3S/c1-8-7-20-12(14(18)19-3)11(8)16-13(17)10-5-4-9(2)15-6-10/h4-7H,1-3H3,(H,16,17). The highest BCUT2D eigenvalue weighted by molar-refractivity contribution is 7.12. The van der Waals surface area contributed by atoms with E-state index in [1.165, 1.54) is 24.6 Å². The zero-order chi connectivity index (χ0) is 14.7. The second-order valence-electron chi connectivity index (χ2n) is 4.26. The topological polar surface area (TPSA) is 68.3 Å². The van der Waals surface area contributed by atoms with Crippen molar-refractivity contribution < 1.29 is 14.3 Å². The Kier molecular flexibility index (Phi) is 4.14. The summed E-state index contributed by atoms with van der Waals surface area (Å²) < 4.78 is 4.70. The molecular formula is C14H14N2O3S. The third-order valence-electron chi connectivity index (χ3n) is 2.76. The van der Waals surface area contributed by atoms with Crippen LogP contribution in [0, 0.1) is 13.8 Å². The summed E-state index contributed by atoms with van der Waals surface area (Å²) in [5, 5.41) is 4.54. The molecule has 2 heterocycles. The summed E-state index contributed by atoms with van der Waals surface area (Å²) >= 11 is 1.24. The number of anilines is 1. The van der Waals surface area contributed by atoms with Gasteiger partial charge in [-0.15, -0.1) is 11.3 Å². The Morgan fingerprint density at radius 3 is 2.65 bits per heavy atom. The lowest BCUT2D eigenvalue weighted by atomic mass is 10.2. The van der Waals surface area contributed by atoms with Crippen LogP contribution in [0.25, 0.3) is 0 Å². The minimum Gasteiger partial charge on any atom is -0.465 e. The van der Waals surface area contributed by atoms with Crippen LogP contribution in [0.1, 0.15) is 31.3 Å². The molecule has 0 aliphatic carbocycles. The maximum atomic E-state index is 12.1. The first-order chi connectivity index (χ1) is 9.52. The van der Waals surface area contributed by atoms with Gasteiger partial charge in [0.15, 0.2) is 0 Å². The normalized spacial score (nSPS) is 10.2. The maximum Gasteiger partial charge on any atom is 0.350 e. The highest BCUT2D eigenvalue weighted by atomic mass is 32.1. The first-order valence-electron chi connectivity index (χ1n) is 5.93. The van der Waals surface area contributed by atoms with Crippen LogP contribution in [-0.2, 0) is 4.74 Å². The molecule has 0 radical (unpaired) electrons. The number of hydrogen-bond acceptors (Lipinski definition) is 5.